The van der Waals surface area contributed by atoms with Gasteiger partial charge in [-0.05, 0) is 55.5 Å². The smallest absolute Gasteiger partial charge is 0.251 e. The molecule has 0 aliphatic carbocycles. The first-order chi connectivity index (χ1) is 16.1. The number of anilines is 2. The van der Waals surface area contributed by atoms with Crippen molar-refractivity contribution in [1.29, 1.82) is 0 Å². The molecule has 0 bridgehead atoms. The van der Waals surface area contributed by atoms with Crippen molar-refractivity contribution in [2.45, 2.75) is 31.7 Å². The van der Waals surface area contributed by atoms with Gasteiger partial charge in [-0.1, -0.05) is 0 Å². The molecule has 2 aromatic heterocycles. The van der Waals surface area contributed by atoms with E-state index in [4.69, 9.17) is 4.74 Å². The fourth-order valence-electron chi connectivity index (χ4n) is 3.88. The summed E-state index contributed by atoms with van der Waals surface area (Å²) in [5.74, 6) is -0.244. The molecule has 1 aliphatic rings. The Morgan fingerprint density at radius 3 is 2.79 bits per heavy atom. The highest BCUT2D eigenvalue weighted by Gasteiger charge is 2.17. The van der Waals surface area contributed by atoms with E-state index in [0.29, 0.717) is 36.0 Å². The van der Waals surface area contributed by atoms with E-state index in [1.165, 1.54) is 20.2 Å². The van der Waals surface area contributed by atoms with Crippen LogP contribution in [0.4, 0.5) is 16.0 Å². The lowest BCUT2D eigenvalue weighted by Gasteiger charge is -2.22. The zero-order valence-corrected chi connectivity index (χ0v) is 18.8. The normalized spacial score (nSPS) is 15.8. The summed E-state index contributed by atoms with van der Waals surface area (Å²) in [6.45, 7) is 1.98. The van der Waals surface area contributed by atoms with E-state index >= 15 is 0 Å². The number of halogens is 1. The maximum Gasteiger partial charge on any atom is 0.251 e. The summed E-state index contributed by atoms with van der Waals surface area (Å²) >= 11 is 0. The number of carbonyl (C=O) groups excluding carboxylic acids is 1. The molecule has 4 rings (SSSR count). The molecule has 3 N–H and O–H groups in total. The number of nitrogens with zero attached hydrogens (tertiary/aromatic N) is 4. The minimum absolute atomic E-state index is 0.0476. The Morgan fingerprint density at radius 1 is 1.27 bits per heavy atom. The van der Waals surface area contributed by atoms with Crippen LogP contribution in [0.2, 0.25) is 0 Å². The SMILES string of the molecule is CNC(=O)c1cc(CCc2cnc(Nc3cnn(C4CCCNC4)c3)nc2)c(F)c(OC)c1. The summed E-state index contributed by atoms with van der Waals surface area (Å²) in [6.07, 6.45) is 10.3. The predicted octanol–water partition coefficient (Wildman–Crippen LogP) is 2.63. The topological polar surface area (TPSA) is 106 Å². The van der Waals surface area contributed by atoms with Gasteiger partial charge < -0.3 is 20.7 Å². The summed E-state index contributed by atoms with van der Waals surface area (Å²) < 4.78 is 21.7. The quantitative estimate of drug-likeness (QED) is 0.481. The van der Waals surface area contributed by atoms with Crippen molar-refractivity contribution < 1.29 is 13.9 Å². The molecular formula is C23H28FN7O2. The highest BCUT2D eigenvalue weighted by atomic mass is 19.1. The van der Waals surface area contributed by atoms with E-state index in [9.17, 15) is 9.18 Å². The number of ether oxygens (including phenoxy) is 1. The Balaban J connectivity index is 1.38. The number of amides is 1. The second-order valence-electron chi connectivity index (χ2n) is 7.98. The highest BCUT2D eigenvalue weighted by Crippen LogP contribution is 2.24. The number of rotatable bonds is 8. The molecule has 1 atom stereocenters. The first-order valence-corrected chi connectivity index (χ1v) is 11.0. The van der Waals surface area contributed by atoms with Crippen molar-refractivity contribution in [3.05, 3.63) is 59.4 Å². The third kappa shape index (κ3) is 5.46. The number of hydrogen-bond acceptors (Lipinski definition) is 7. The molecule has 1 saturated heterocycles. The fourth-order valence-corrected chi connectivity index (χ4v) is 3.88. The molecule has 33 heavy (non-hydrogen) atoms. The van der Waals surface area contributed by atoms with Crippen LogP contribution in [0.15, 0.2) is 36.9 Å². The van der Waals surface area contributed by atoms with E-state index in [-0.39, 0.29) is 11.7 Å². The summed E-state index contributed by atoms with van der Waals surface area (Å²) in [4.78, 5) is 20.7. The Bertz CT molecular complexity index is 1090. The Morgan fingerprint density at radius 2 is 2.09 bits per heavy atom. The maximum atomic E-state index is 14.7. The molecule has 10 heteroatoms. The zero-order chi connectivity index (χ0) is 23.2. The molecule has 1 unspecified atom stereocenters. The molecule has 174 valence electrons. The van der Waals surface area contributed by atoms with Crippen LogP contribution in [-0.2, 0) is 12.8 Å². The van der Waals surface area contributed by atoms with Gasteiger partial charge in [0.05, 0.1) is 25.0 Å². The lowest BCUT2D eigenvalue weighted by Crippen LogP contribution is -2.31. The number of aromatic nitrogens is 4. The maximum absolute atomic E-state index is 14.7. The third-order valence-electron chi connectivity index (χ3n) is 5.71. The minimum Gasteiger partial charge on any atom is -0.494 e. The summed E-state index contributed by atoms with van der Waals surface area (Å²) in [6, 6.07) is 3.31. The molecule has 3 heterocycles. The molecule has 1 aliphatic heterocycles. The van der Waals surface area contributed by atoms with Crippen molar-refractivity contribution in [1.82, 2.24) is 30.4 Å². The molecule has 1 amide bonds. The standard InChI is InChI=1S/C23H28FN7O2/c1-25-22(32)17-8-16(21(24)20(9-17)33-2)6-5-15-10-27-23(28-11-15)30-18-12-29-31(14-18)19-4-3-7-26-13-19/h8-12,14,19,26H,3-7,13H2,1-2H3,(H,25,32)(H,27,28,30). The van der Waals surface area contributed by atoms with Crippen LogP contribution in [0.25, 0.3) is 0 Å². The molecule has 0 saturated carbocycles. The Labute approximate surface area is 191 Å². The van der Waals surface area contributed by atoms with Crippen LogP contribution in [0.5, 0.6) is 5.75 Å². The van der Waals surface area contributed by atoms with Gasteiger partial charge >= 0.3 is 0 Å². The lowest BCUT2D eigenvalue weighted by atomic mass is 10.0. The largest absolute Gasteiger partial charge is 0.494 e. The first kappa shape index (κ1) is 22.7. The number of nitrogens with one attached hydrogen (secondary N) is 3. The number of piperidine rings is 1. The fraction of sp³-hybridized carbons (Fsp3) is 0.391. The van der Waals surface area contributed by atoms with Gasteiger partial charge in [0.1, 0.15) is 0 Å². The number of benzene rings is 1. The van der Waals surface area contributed by atoms with Gasteiger partial charge in [-0.25, -0.2) is 14.4 Å². The second-order valence-corrected chi connectivity index (χ2v) is 7.98. The monoisotopic (exact) mass is 453 g/mol. The van der Waals surface area contributed by atoms with Crippen molar-refractivity contribution in [2.24, 2.45) is 0 Å². The van der Waals surface area contributed by atoms with Crippen LogP contribution < -0.4 is 20.7 Å². The number of aryl methyl sites for hydroxylation is 2. The first-order valence-electron chi connectivity index (χ1n) is 11.0. The van der Waals surface area contributed by atoms with Crippen molar-refractivity contribution in [2.75, 3.05) is 32.6 Å². The lowest BCUT2D eigenvalue weighted by molar-refractivity contribution is 0.0962. The number of methoxy groups -OCH3 is 1. The van der Waals surface area contributed by atoms with Crippen LogP contribution in [0, 0.1) is 5.82 Å². The van der Waals surface area contributed by atoms with E-state index in [0.717, 1.165) is 37.2 Å². The molecule has 3 aromatic rings. The van der Waals surface area contributed by atoms with E-state index < -0.39 is 5.82 Å². The molecule has 0 spiro atoms. The predicted molar refractivity (Wildman–Crippen MR) is 122 cm³/mol. The van der Waals surface area contributed by atoms with Crippen LogP contribution >= 0.6 is 0 Å². The van der Waals surface area contributed by atoms with E-state index in [1.54, 1.807) is 24.7 Å². The number of hydrogen-bond donors (Lipinski definition) is 3. The van der Waals surface area contributed by atoms with E-state index in [1.807, 2.05) is 10.9 Å². The third-order valence-corrected chi connectivity index (χ3v) is 5.71. The van der Waals surface area contributed by atoms with Gasteiger partial charge in [0.15, 0.2) is 11.6 Å². The van der Waals surface area contributed by atoms with Gasteiger partial charge in [0, 0.05) is 37.7 Å². The number of carbonyl (C=O) groups is 1. The average molecular weight is 454 g/mol. The van der Waals surface area contributed by atoms with Crippen molar-refractivity contribution in [3.8, 4) is 5.75 Å². The van der Waals surface area contributed by atoms with Crippen LogP contribution in [0.1, 0.15) is 40.4 Å². The summed E-state index contributed by atoms with van der Waals surface area (Å²) in [5.41, 5.74) is 2.44. The Kier molecular flexibility index (Phi) is 7.13. The van der Waals surface area contributed by atoms with Gasteiger partial charge in [0.25, 0.3) is 5.91 Å². The molecule has 1 fully saturated rings. The van der Waals surface area contributed by atoms with Gasteiger partial charge in [0.2, 0.25) is 5.95 Å². The van der Waals surface area contributed by atoms with Crippen molar-refractivity contribution >= 4 is 17.5 Å². The van der Waals surface area contributed by atoms with E-state index in [2.05, 4.69) is 31.0 Å². The average Bonchev–Trinajstić information content (AvgIpc) is 3.33. The van der Waals surface area contributed by atoms with Crippen LogP contribution in [-0.4, -0.2) is 52.9 Å². The molecule has 9 nitrogen and oxygen atoms in total. The zero-order valence-electron chi connectivity index (χ0n) is 18.8. The molecular weight excluding hydrogens is 425 g/mol. The van der Waals surface area contributed by atoms with Gasteiger partial charge in [-0.3, -0.25) is 9.48 Å². The van der Waals surface area contributed by atoms with Crippen LogP contribution in [0.3, 0.4) is 0 Å². The van der Waals surface area contributed by atoms with Crippen molar-refractivity contribution in [3.63, 3.8) is 0 Å². The highest BCUT2D eigenvalue weighted by molar-refractivity contribution is 5.94. The Hall–Kier alpha value is -3.53. The van der Waals surface area contributed by atoms with Gasteiger partial charge in [-0.15, -0.1) is 0 Å². The molecule has 1 aromatic carbocycles. The second kappa shape index (κ2) is 10.4. The summed E-state index contributed by atoms with van der Waals surface area (Å²) in [5, 5.41) is 13.6. The molecule has 0 radical (unpaired) electrons. The van der Waals surface area contributed by atoms with Gasteiger partial charge in [-0.2, -0.15) is 5.10 Å². The minimum atomic E-state index is -0.463. The summed E-state index contributed by atoms with van der Waals surface area (Å²) in [7, 11) is 2.91.